The van der Waals surface area contributed by atoms with Crippen molar-refractivity contribution >= 4 is 21.8 Å². The zero-order valence-electron chi connectivity index (χ0n) is 13.6. The Morgan fingerprint density at radius 2 is 1.61 bits per heavy atom. The van der Waals surface area contributed by atoms with Crippen molar-refractivity contribution in [2.45, 2.75) is 13.8 Å². The molecule has 1 heterocycles. The van der Waals surface area contributed by atoms with Crippen LogP contribution in [0.25, 0.3) is 0 Å². The van der Waals surface area contributed by atoms with Gasteiger partial charge in [-0.15, -0.1) is 0 Å². The summed E-state index contributed by atoms with van der Waals surface area (Å²) < 4.78 is 25.1. The lowest BCUT2D eigenvalue weighted by molar-refractivity contribution is -0.0266. The van der Waals surface area contributed by atoms with Crippen molar-refractivity contribution in [1.82, 2.24) is 9.37 Å². The van der Waals surface area contributed by atoms with E-state index in [1.807, 2.05) is 0 Å². The number of carbonyl (C=O) groups excluding carboxylic acids is 2. The molecule has 1 aromatic rings. The van der Waals surface area contributed by atoms with Gasteiger partial charge in [0.15, 0.2) is 0 Å². The van der Waals surface area contributed by atoms with Crippen molar-refractivity contribution in [1.29, 1.82) is 0 Å². The predicted octanol–water partition coefficient (Wildman–Crippen LogP) is 1.13. The number of benzene rings is 1. The van der Waals surface area contributed by atoms with Crippen LogP contribution in [0.5, 0.6) is 0 Å². The van der Waals surface area contributed by atoms with E-state index in [-0.39, 0.29) is 12.3 Å². The van der Waals surface area contributed by atoms with Gasteiger partial charge in [-0.25, -0.2) is 8.42 Å². The average Bonchev–Trinajstić information content (AvgIpc) is 2.70. The van der Waals surface area contributed by atoms with E-state index < -0.39 is 27.3 Å². The third-order valence-corrected chi connectivity index (χ3v) is 5.77. The molecule has 2 rings (SSSR count). The maximum absolute atomic E-state index is 12.4. The van der Waals surface area contributed by atoms with Gasteiger partial charge >= 0.3 is 0 Å². The summed E-state index contributed by atoms with van der Waals surface area (Å²) in [6.07, 6.45) is 0. The van der Waals surface area contributed by atoms with E-state index in [9.17, 15) is 18.0 Å². The summed E-state index contributed by atoms with van der Waals surface area (Å²) >= 11 is 0. The first-order chi connectivity index (χ1) is 10.6. The SMILES string of the molecule is CON(C)S(=O)(=O)CC(C)(C)CN1C(=O)c2ccccc2C1=O. The lowest BCUT2D eigenvalue weighted by Gasteiger charge is -2.30. The highest BCUT2D eigenvalue weighted by molar-refractivity contribution is 7.88. The highest BCUT2D eigenvalue weighted by atomic mass is 32.2. The molecule has 2 amide bonds. The Morgan fingerprint density at radius 3 is 2.04 bits per heavy atom. The van der Waals surface area contributed by atoms with Crippen LogP contribution in [0.3, 0.4) is 0 Å². The Balaban J connectivity index is 2.19. The van der Waals surface area contributed by atoms with Gasteiger partial charge in [0.25, 0.3) is 11.8 Å². The number of hydroxylamine groups is 1. The molecule has 0 spiro atoms. The van der Waals surface area contributed by atoms with Crippen LogP contribution in [0.2, 0.25) is 0 Å². The first kappa shape index (κ1) is 17.6. The van der Waals surface area contributed by atoms with Crippen molar-refractivity contribution in [3.63, 3.8) is 0 Å². The Labute approximate surface area is 135 Å². The minimum absolute atomic E-state index is 0.0101. The van der Waals surface area contributed by atoms with Gasteiger partial charge in [-0.05, 0) is 17.5 Å². The van der Waals surface area contributed by atoms with Gasteiger partial charge in [-0.3, -0.25) is 19.3 Å². The number of sulfonamides is 1. The second-order valence-corrected chi connectivity index (χ2v) is 8.22. The molecule has 0 unspecified atom stereocenters. The third kappa shape index (κ3) is 3.44. The quantitative estimate of drug-likeness (QED) is 0.572. The number of rotatable bonds is 6. The molecule has 0 bridgehead atoms. The molecular formula is C15H20N2O5S. The lowest BCUT2D eigenvalue weighted by Crippen LogP contribution is -2.43. The number of carbonyl (C=O) groups is 2. The minimum atomic E-state index is -3.65. The highest BCUT2D eigenvalue weighted by Crippen LogP contribution is 2.28. The Morgan fingerprint density at radius 1 is 1.13 bits per heavy atom. The Bertz CT molecular complexity index is 707. The Hall–Kier alpha value is -1.77. The molecule has 0 saturated heterocycles. The van der Waals surface area contributed by atoms with Crippen LogP contribution >= 0.6 is 0 Å². The van der Waals surface area contributed by atoms with Crippen LogP contribution in [-0.4, -0.2) is 56.1 Å². The third-order valence-electron chi connectivity index (χ3n) is 3.69. The van der Waals surface area contributed by atoms with Gasteiger partial charge in [-0.2, -0.15) is 0 Å². The normalized spacial score (nSPS) is 15.4. The van der Waals surface area contributed by atoms with E-state index in [4.69, 9.17) is 4.84 Å². The summed E-state index contributed by atoms with van der Waals surface area (Å²) in [6, 6.07) is 6.57. The van der Waals surface area contributed by atoms with E-state index >= 15 is 0 Å². The molecule has 126 valence electrons. The van der Waals surface area contributed by atoms with E-state index in [0.29, 0.717) is 11.1 Å². The molecule has 7 nitrogen and oxygen atoms in total. The number of amides is 2. The van der Waals surface area contributed by atoms with Crippen LogP contribution in [0, 0.1) is 5.41 Å². The summed E-state index contributed by atoms with van der Waals surface area (Å²) in [5, 5.41) is 0. The standard InChI is InChI=1S/C15H20N2O5S/c1-15(2,10-23(20,21)16(3)22-4)9-17-13(18)11-7-5-6-8-12(11)14(17)19/h5-8H,9-10H2,1-4H3. The lowest BCUT2D eigenvalue weighted by atomic mass is 9.95. The number of nitrogens with zero attached hydrogens (tertiary/aromatic N) is 2. The fraction of sp³-hybridized carbons (Fsp3) is 0.467. The number of imide groups is 1. The van der Waals surface area contributed by atoms with Gasteiger partial charge < -0.3 is 0 Å². The molecule has 0 radical (unpaired) electrons. The molecule has 0 fully saturated rings. The summed E-state index contributed by atoms with van der Waals surface area (Å²) in [7, 11) is -1.09. The van der Waals surface area contributed by atoms with Crippen molar-refractivity contribution < 1.29 is 22.8 Å². The molecule has 0 atom stereocenters. The molecule has 1 aromatic carbocycles. The fourth-order valence-electron chi connectivity index (χ4n) is 2.55. The van der Waals surface area contributed by atoms with Gasteiger partial charge in [0.1, 0.15) is 0 Å². The topological polar surface area (TPSA) is 84.0 Å². The maximum atomic E-state index is 12.4. The molecule has 0 N–H and O–H groups in total. The van der Waals surface area contributed by atoms with Crippen molar-refractivity contribution in [2.75, 3.05) is 26.5 Å². The summed E-state index contributed by atoms with van der Waals surface area (Å²) in [5.74, 6) is -1.04. The second-order valence-electron chi connectivity index (χ2n) is 6.25. The van der Waals surface area contributed by atoms with Crippen LogP contribution in [0.15, 0.2) is 24.3 Å². The molecule has 23 heavy (non-hydrogen) atoms. The number of hydrogen-bond acceptors (Lipinski definition) is 5. The van der Waals surface area contributed by atoms with Gasteiger partial charge in [-0.1, -0.05) is 30.4 Å². The first-order valence-corrected chi connectivity index (χ1v) is 8.66. The molecule has 0 saturated carbocycles. The van der Waals surface area contributed by atoms with Gasteiger partial charge in [0, 0.05) is 13.6 Å². The molecule has 1 aliphatic rings. The smallest absolute Gasteiger partial charge is 0.261 e. The average molecular weight is 340 g/mol. The van der Waals surface area contributed by atoms with Crippen LogP contribution < -0.4 is 0 Å². The van der Waals surface area contributed by atoms with E-state index in [1.165, 1.54) is 14.2 Å². The largest absolute Gasteiger partial charge is 0.288 e. The van der Waals surface area contributed by atoms with E-state index in [0.717, 1.165) is 9.37 Å². The summed E-state index contributed by atoms with van der Waals surface area (Å²) in [6.45, 7) is 3.39. The summed E-state index contributed by atoms with van der Waals surface area (Å²) in [4.78, 5) is 30.5. The number of hydrogen-bond donors (Lipinski definition) is 0. The first-order valence-electron chi connectivity index (χ1n) is 7.05. The summed E-state index contributed by atoms with van der Waals surface area (Å²) in [5.41, 5.74) is -0.116. The number of fused-ring (bicyclic) bond motifs is 1. The van der Waals surface area contributed by atoms with Gasteiger partial charge in [0.2, 0.25) is 10.0 Å². The monoisotopic (exact) mass is 340 g/mol. The van der Waals surface area contributed by atoms with Crippen LogP contribution in [0.1, 0.15) is 34.6 Å². The van der Waals surface area contributed by atoms with E-state index in [2.05, 4.69) is 0 Å². The predicted molar refractivity (Wildman–Crippen MR) is 84.1 cm³/mol. The maximum Gasteiger partial charge on any atom is 0.261 e. The molecular weight excluding hydrogens is 320 g/mol. The van der Waals surface area contributed by atoms with E-state index in [1.54, 1.807) is 38.1 Å². The van der Waals surface area contributed by atoms with Crippen molar-refractivity contribution in [2.24, 2.45) is 5.41 Å². The molecule has 1 aliphatic heterocycles. The van der Waals surface area contributed by atoms with Gasteiger partial charge in [0.05, 0.1) is 24.0 Å². The minimum Gasteiger partial charge on any atom is -0.288 e. The zero-order chi connectivity index (χ0) is 17.4. The Kier molecular flexibility index (Phi) is 4.61. The molecule has 0 aliphatic carbocycles. The van der Waals surface area contributed by atoms with Crippen molar-refractivity contribution in [3.8, 4) is 0 Å². The zero-order valence-corrected chi connectivity index (χ0v) is 14.4. The fourth-order valence-corrected chi connectivity index (χ4v) is 4.04. The molecule has 0 aromatic heterocycles. The van der Waals surface area contributed by atoms with Crippen molar-refractivity contribution in [3.05, 3.63) is 35.4 Å². The van der Waals surface area contributed by atoms with Crippen LogP contribution in [0.4, 0.5) is 0 Å². The molecule has 8 heteroatoms. The highest BCUT2D eigenvalue weighted by Gasteiger charge is 2.40. The second kappa shape index (κ2) is 6.03. The van der Waals surface area contributed by atoms with Crippen LogP contribution in [-0.2, 0) is 14.9 Å².